The quantitative estimate of drug-likeness (QED) is 0.217. The van der Waals surface area contributed by atoms with Crippen LogP contribution in [0.4, 0.5) is 8.78 Å². The summed E-state index contributed by atoms with van der Waals surface area (Å²) in [6.45, 7) is 0.107. The number of benzene rings is 2. The fourth-order valence-corrected chi connectivity index (χ4v) is 2.51. The topological polar surface area (TPSA) is 74.8 Å². The summed E-state index contributed by atoms with van der Waals surface area (Å²) in [5.74, 6) is 0.455. The molecule has 0 aliphatic rings. The average molecular weight is 518 g/mol. The Kier molecular flexibility index (Phi) is 11.0. The fraction of sp³-hybridized carbons (Fsp3) is 0.300. The van der Waals surface area contributed by atoms with Crippen molar-refractivity contribution in [1.82, 2.24) is 16.0 Å². The van der Waals surface area contributed by atoms with Gasteiger partial charge >= 0.3 is 6.61 Å². The van der Waals surface area contributed by atoms with Crippen molar-refractivity contribution in [2.75, 3.05) is 20.1 Å². The van der Waals surface area contributed by atoms with Gasteiger partial charge in [0.15, 0.2) is 5.96 Å². The summed E-state index contributed by atoms with van der Waals surface area (Å²) in [6, 6.07) is 13.9. The molecule has 1 amide bonds. The van der Waals surface area contributed by atoms with E-state index in [-0.39, 0.29) is 42.2 Å². The Balaban J connectivity index is 0.00000420. The summed E-state index contributed by atoms with van der Waals surface area (Å²) >= 11 is 0. The Hall–Kier alpha value is -2.43. The number of guanidine groups is 1. The van der Waals surface area contributed by atoms with Crippen LogP contribution < -0.4 is 20.7 Å². The summed E-state index contributed by atoms with van der Waals surface area (Å²) in [6.07, 6.45) is 0. The van der Waals surface area contributed by atoms with E-state index in [4.69, 9.17) is 0 Å². The molecule has 0 saturated heterocycles. The molecule has 2 rings (SSSR count). The van der Waals surface area contributed by atoms with Crippen LogP contribution in [0, 0.1) is 6.92 Å². The predicted octanol–water partition coefficient (Wildman–Crippen LogP) is 3.31. The van der Waals surface area contributed by atoms with E-state index in [0.29, 0.717) is 30.2 Å². The van der Waals surface area contributed by atoms with Crippen LogP contribution in [0.5, 0.6) is 5.75 Å². The molecule has 0 aliphatic heterocycles. The van der Waals surface area contributed by atoms with Crippen molar-refractivity contribution in [3.63, 3.8) is 0 Å². The molecular weight excluding hydrogens is 493 g/mol. The van der Waals surface area contributed by atoms with Crippen LogP contribution in [-0.2, 0) is 6.54 Å². The number of carbonyl (C=O) groups excluding carboxylic acids is 1. The molecule has 0 radical (unpaired) electrons. The Labute approximate surface area is 186 Å². The molecule has 0 unspecified atom stereocenters. The van der Waals surface area contributed by atoms with Crippen molar-refractivity contribution < 1.29 is 18.3 Å². The lowest BCUT2D eigenvalue weighted by atomic mass is 10.1. The number of carbonyl (C=O) groups is 1. The number of nitrogens with one attached hydrogen (secondary N) is 3. The first-order valence-corrected chi connectivity index (χ1v) is 8.81. The average Bonchev–Trinajstić information content (AvgIpc) is 2.69. The van der Waals surface area contributed by atoms with E-state index in [1.807, 2.05) is 13.0 Å². The Morgan fingerprint density at radius 2 is 1.76 bits per heavy atom. The molecule has 0 spiro atoms. The second kappa shape index (κ2) is 12.9. The molecular formula is C20H25F2IN4O2. The fourth-order valence-electron chi connectivity index (χ4n) is 2.51. The standard InChI is InChI=1S/C20H24F2N4O2.HI/c1-14-8-9-17(28-19(21)22)16(12-14)13-26-20(23-2)25-11-10-24-18(27)15-6-4-3-5-7-15;/h3-9,12,19H,10-11,13H2,1-2H3,(H,24,27)(H2,23,25,26);1H. The number of amides is 1. The van der Waals surface area contributed by atoms with E-state index < -0.39 is 6.61 Å². The number of alkyl halides is 2. The number of aryl methyl sites for hydroxylation is 1. The number of rotatable bonds is 8. The Bertz CT molecular complexity index is 804. The Morgan fingerprint density at radius 3 is 2.41 bits per heavy atom. The van der Waals surface area contributed by atoms with E-state index in [1.165, 1.54) is 6.07 Å². The van der Waals surface area contributed by atoms with Crippen LogP contribution >= 0.6 is 24.0 Å². The first kappa shape index (κ1) is 24.6. The highest BCUT2D eigenvalue weighted by Gasteiger charge is 2.10. The van der Waals surface area contributed by atoms with Gasteiger partial charge in [-0.15, -0.1) is 24.0 Å². The van der Waals surface area contributed by atoms with Gasteiger partial charge in [0.05, 0.1) is 0 Å². The van der Waals surface area contributed by atoms with Crippen LogP contribution in [0.25, 0.3) is 0 Å². The number of aliphatic imine (C=N–C) groups is 1. The number of hydrogen-bond acceptors (Lipinski definition) is 3. The van der Waals surface area contributed by atoms with Crippen molar-refractivity contribution in [1.29, 1.82) is 0 Å². The minimum absolute atomic E-state index is 0. The second-order valence-electron chi connectivity index (χ2n) is 5.96. The minimum Gasteiger partial charge on any atom is -0.434 e. The highest BCUT2D eigenvalue weighted by atomic mass is 127. The first-order valence-electron chi connectivity index (χ1n) is 8.81. The van der Waals surface area contributed by atoms with Gasteiger partial charge in [0.25, 0.3) is 5.91 Å². The molecule has 0 saturated carbocycles. The van der Waals surface area contributed by atoms with Crippen molar-refractivity contribution in [2.45, 2.75) is 20.1 Å². The molecule has 158 valence electrons. The smallest absolute Gasteiger partial charge is 0.387 e. The molecule has 29 heavy (non-hydrogen) atoms. The third kappa shape index (κ3) is 8.63. The van der Waals surface area contributed by atoms with E-state index in [2.05, 4.69) is 25.7 Å². The van der Waals surface area contributed by atoms with Crippen LogP contribution in [0.15, 0.2) is 53.5 Å². The van der Waals surface area contributed by atoms with Gasteiger partial charge < -0.3 is 20.7 Å². The molecule has 0 aliphatic carbocycles. The van der Waals surface area contributed by atoms with Crippen molar-refractivity contribution >= 4 is 35.8 Å². The van der Waals surface area contributed by atoms with Gasteiger partial charge in [-0.3, -0.25) is 9.79 Å². The SMILES string of the molecule is CN=C(NCCNC(=O)c1ccccc1)NCc1cc(C)ccc1OC(F)F.I. The normalized spacial score (nSPS) is 10.9. The lowest BCUT2D eigenvalue weighted by Crippen LogP contribution is -2.41. The lowest BCUT2D eigenvalue weighted by Gasteiger charge is -2.15. The third-order valence-corrected chi connectivity index (χ3v) is 3.84. The number of halogens is 3. The zero-order valence-electron chi connectivity index (χ0n) is 16.2. The maximum atomic E-state index is 12.5. The van der Waals surface area contributed by atoms with Gasteiger partial charge in [0.1, 0.15) is 5.75 Å². The molecule has 0 bridgehead atoms. The minimum atomic E-state index is -2.88. The van der Waals surface area contributed by atoms with Gasteiger partial charge in [-0.05, 0) is 25.1 Å². The second-order valence-corrected chi connectivity index (χ2v) is 5.96. The van der Waals surface area contributed by atoms with Gasteiger partial charge in [-0.2, -0.15) is 8.78 Å². The van der Waals surface area contributed by atoms with Crippen LogP contribution in [0.2, 0.25) is 0 Å². The van der Waals surface area contributed by atoms with Gasteiger partial charge in [-0.1, -0.05) is 35.9 Å². The van der Waals surface area contributed by atoms with E-state index in [1.54, 1.807) is 43.4 Å². The Morgan fingerprint density at radius 1 is 1.07 bits per heavy atom. The molecule has 2 aromatic carbocycles. The summed E-state index contributed by atoms with van der Waals surface area (Å²) in [5, 5.41) is 8.91. The molecule has 9 heteroatoms. The van der Waals surface area contributed by atoms with Crippen molar-refractivity contribution in [3.8, 4) is 5.75 Å². The van der Waals surface area contributed by atoms with E-state index >= 15 is 0 Å². The molecule has 2 aromatic rings. The first-order chi connectivity index (χ1) is 13.5. The number of nitrogens with zero attached hydrogens (tertiary/aromatic N) is 1. The molecule has 6 nitrogen and oxygen atoms in total. The predicted molar refractivity (Wildman–Crippen MR) is 120 cm³/mol. The molecule has 3 N–H and O–H groups in total. The maximum Gasteiger partial charge on any atom is 0.387 e. The zero-order chi connectivity index (χ0) is 20.4. The molecule has 0 heterocycles. The van der Waals surface area contributed by atoms with Crippen molar-refractivity contribution in [2.24, 2.45) is 4.99 Å². The molecule has 0 aromatic heterocycles. The summed E-state index contributed by atoms with van der Waals surface area (Å²) in [4.78, 5) is 16.1. The highest BCUT2D eigenvalue weighted by Crippen LogP contribution is 2.21. The van der Waals surface area contributed by atoms with Gasteiger partial charge in [-0.25, -0.2) is 0 Å². The molecule has 0 fully saturated rings. The maximum absolute atomic E-state index is 12.5. The summed E-state index contributed by atoms with van der Waals surface area (Å²) < 4.78 is 29.6. The van der Waals surface area contributed by atoms with Crippen LogP contribution in [0.3, 0.4) is 0 Å². The van der Waals surface area contributed by atoms with Crippen LogP contribution in [0.1, 0.15) is 21.5 Å². The summed E-state index contributed by atoms with van der Waals surface area (Å²) in [7, 11) is 1.60. The monoisotopic (exact) mass is 518 g/mol. The zero-order valence-corrected chi connectivity index (χ0v) is 18.6. The van der Waals surface area contributed by atoms with Crippen LogP contribution in [-0.4, -0.2) is 38.6 Å². The van der Waals surface area contributed by atoms with Gasteiger partial charge in [0, 0.05) is 37.8 Å². The summed E-state index contributed by atoms with van der Waals surface area (Å²) in [5.41, 5.74) is 2.13. The number of ether oxygens (including phenoxy) is 1. The molecule has 0 atom stereocenters. The van der Waals surface area contributed by atoms with Gasteiger partial charge in [0.2, 0.25) is 0 Å². The van der Waals surface area contributed by atoms with E-state index in [9.17, 15) is 13.6 Å². The highest BCUT2D eigenvalue weighted by molar-refractivity contribution is 14.0. The number of hydrogen-bond donors (Lipinski definition) is 3. The third-order valence-electron chi connectivity index (χ3n) is 3.84. The van der Waals surface area contributed by atoms with Crippen molar-refractivity contribution in [3.05, 3.63) is 65.2 Å². The van der Waals surface area contributed by atoms with E-state index in [0.717, 1.165) is 5.56 Å². The lowest BCUT2D eigenvalue weighted by molar-refractivity contribution is -0.0504. The largest absolute Gasteiger partial charge is 0.434 e.